The predicted molar refractivity (Wildman–Crippen MR) is 104 cm³/mol. The van der Waals surface area contributed by atoms with Crippen LogP contribution in [0.5, 0.6) is 0 Å². The monoisotopic (exact) mass is 348 g/mol. The molecule has 26 heavy (non-hydrogen) atoms. The lowest BCUT2D eigenvalue weighted by Gasteiger charge is -2.18. The Kier molecular flexibility index (Phi) is 5.49. The average Bonchev–Trinajstić information content (AvgIpc) is 2.97. The highest BCUT2D eigenvalue weighted by molar-refractivity contribution is 5.91. The van der Waals surface area contributed by atoms with E-state index in [1.807, 2.05) is 67.4 Å². The zero-order valence-electron chi connectivity index (χ0n) is 15.4. The number of nitrogens with zero attached hydrogens (tertiary/aromatic N) is 3. The molecule has 0 aliphatic rings. The number of likely N-dealkylation sites (N-methyl/N-ethyl adjacent to an activating group) is 1. The van der Waals surface area contributed by atoms with Crippen LogP contribution in [0.2, 0.25) is 0 Å². The van der Waals surface area contributed by atoms with Crippen LogP contribution in [0.15, 0.2) is 60.7 Å². The molecule has 5 heteroatoms. The molecule has 0 aliphatic heterocycles. The molecule has 0 saturated heterocycles. The Labute approximate surface area is 154 Å². The summed E-state index contributed by atoms with van der Waals surface area (Å²) < 4.78 is 1.76. The summed E-state index contributed by atoms with van der Waals surface area (Å²) >= 11 is 0. The number of nitrogens with one attached hydrogen (secondary N) is 1. The summed E-state index contributed by atoms with van der Waals surface area (Å²) in [6.07, 6.45) is 0. The highest BCUT2D eigenvalue weighted by atomic mass is 16.2. The molecule has 0 saturated carbocycles. The summed E-state index contributed by atoms with van der Waals surface area (Å²) in [6.45, 7) is 5.05. The van der Waals surface area contributed by atoms with Crippen LogP contribution in [0.1, 0.15) is 16.8 Å². The Balaban J connectivity index is 1.66. The van der Waals surface area contributed by atoms with Gasteiger partial charge in [0, 0.05) is 12.6 Å². The van der Waals surface area contributed by atoms with Crippen LogP contribution >= 0.6 is 0 Å². The first-order valence-electron chi connectivity index (χ1n) is 8.68. The summed E-state index contributed by atoms with van der Waals surface area (Å²) in [5, 5.41) is 7.46. The molecule has 2 aromatic carbocycles. The van der Waals surface area contributed by atoms with Crippen molar-refractivity contribution < 1.29 is 4.79 Å². The van der Waals surface area contributed by atoms with E-state index in [1.54, 1.807) is 4.68 Å². The van der Waals surface area contributed by atoms with E-state index in [4.69, 9.17) is 0 Å². The second-order valence-electron chi connectivity index (χ2n) is 6.57. The van der Waals surface area contributed by atoms with E-state index in [1.165, 1.54) is 11.1 Å². The van der Waals surface area contributed by atoms with Gasteiger partial charge in [0.15, 0.2) is 0 Å². The van der Waals surface area contributed by atoms with Crippen molar-refractivity contribution in [2.24, 2.45) is 0 Å². The fourth-order valence-corrected chi connectivity index (χ4v) is 2.92. The van der Waals surface area contributed by atoms with Crippen LogP contribution < -0.4 is 5.32 Å². The molecular formula is C21H24N4O. The standard InChI is InChI=1S/C21H24N4O/c1-16-9-7-8-10-18(16)14-24(3)15-21(26)22-20-13-17(2)23-25(20)19-11-5-4-6-12-19/h4-13H,14-15H2,1-3H3,(H,22,26). The summed E-state index contributed by atoms with van der Waals surface area (Å²) in [7, 11) is 1.95. The third-order valence-corrected chi connectivity index (χ3v) is 4.21. The summed E-state index contributed by atoms with van der Waals surface area (Å²) in [4.78, 5) is 14.5. The quantitative estimate of drug-likeness (QED) is 0.741. The third-order valence-electron chi connectivity index (χ3n) is 4.21. The van der Waals surface area contributed by atoms with Gasteiger partial charge in [-0.3, -0.25) is 9.69 Å². The highest BCUT2D eigenvalue weighted by Gasteiger charge is 2.13. The molecule has 0 radical (unpaired) electrons. The lowest BCUT2D eigenvalue weighted by molar-refractivity contribution is -0.117. The third kappa shape index (κ3) is 4.37. The molecule has 1 aromatic heterocycles. The molecule has 0 unspecified atom stereocenters. The van der Waals surface area contributed by atoms with Crippen LogP contribution in [0.25, 0.3) is 5.69 Å². The van der Waals surface area contributed by atoms with Crippen molar-refractivity contribution in [2.75, 3.05) is 18.9 Å². The van der Waals surface area contributed by atoms with Gasteiger partial charge in [-0.25, -0.2) is 4.68 Å². The molecule has 1 amide bonds. The number of anilines is 1. The van der Waals surface area contributed by atoms with Gasteiger partial charge in [-0.1, -0.05) is 42.5 Å². The zero-order valence-corrected chi connectivity index (χ0v) is 15.4. The number of amides is 1. The second-order valence-corrected chi connectivity index (χ2v) is 6.57. The molecule has 1 heterocycles. The van der Waals surface area contributed by atoms with Gasteiger partial charge in [0.1, 0.15) is 5.82 Å². The minimum atomic E-state index is -0.0573. The Morgan fingerprint density at radius 1 is 1.08 bits per heavy atom. The first-order valence-corrected chi connectivity index (χ1v) is 8.68. The lowest BCUT2D eigenvalue weighted by atomic mass is 10.1. The summed E-state index contributed by atoms with van der Waals surface area (Å²) in [6, 6.07) is 19.9. The Morgan fingerprint density at radius 2 is 1.77 bits per heavy atom. The van der Waals surface area contributed by atoms with Crippen molar-refractivity contribution in [2.45, 2.75) is 20.4 Å². The van der Waals surface area contributed by atoms with E-state index in [0.717, 1.165) is 17.9 Å². The van der Waals surface area contributed by atoms with Gasteiger partial charge >= 0.3 is 0 Å². The minimum absolute atomic E-state index is 0.0573. The molecule has 3 rings (SSSR count). The normalized spacial score (nSPS) is 10.9. The second kappa shape index (κ2) is 7.97. The molecule has 5 nitrogen and oxygen atoms in total. The van der Waals surface area contributed by atoms with Gasteiger partial charge in [0.05, 0.1) is 17.9 Å². The van der Waals surface area contributed by atoms with E-state index in [0.29, 0.717) is 12.4 Å². The molecule has 0 aliphatic carbocycles. The van der Waals surface area contributed by atoms with Crippen molar-refractivity contribution in [1.82, 2.24) is 14.7 Å². The van der Waals surface area contributed by atoms with Crippen LogP contribution in [-0.2, 0) is 11.3 Å². The fraction of sp³-hybridized carbons (Fsp3) is 0.238. The van der Waals surface area contributed by atoms with Crippen molar-refractivity contribution in [3.05, 3.63) is 77.5 Å². The largest absolute Gasteiger partial charge is 0.309 e. The molecule has 0 spiro atoms. The van der Waals surface area contributed by atoms with Gasteiger partial charge in [-0.15, -0.1) is 0 Å². The van der Waals surface area contributed by atoms with E-state index in [9.17, 15) is 4.79 Å². The number of hydrogen-bond acceptors (Lipinski definition) is 3. The van der Waals surface area contributed by atoms with Crippen LogP contribution in [0.4, 0.5) is 5.82 Å². The van der Waals surface area contributed by atoms with E-state index in [-0.39, 0.29) is 5.91 Å². The smallest absolute Gasteiger partial charge is 0.239 e. The van der Waals surface area contributed by atoms with Gasteiger partial charge in [-0.2, -0.15) is 5.10 Å². The topological polar surface area (TPSA) is 50.2 Å². The fourth-order valence-electron chi connectivity index (χ4n) is 2.92. The van der Waals surface area contributed by atoms with Crippen molar-refractivity contribution in [1.29, 1.82) is 0 Å². The highest BCUT2D eigenvalue weighted by Crippen LogP contribution is 2.17. The molecule has 1 N–H and O–H groups in total. The number of carbonyl (C=O) groups is 1. The average molecular weight is 348 g/mol. The molecule has 3 aromatic rings. The molecule has 134 valence electrons. The van der Waals surface area contributed by atoms with E-state index in [2.05, 4.69) is 29.5 Å². The van der Waals surface area contributed by atoms with Gasteiger partial charge in [0.25, 0.3) is 0 Å². The zero-order chi connectivity index (χ0) is 18.5. The maximum Gasteiger partial charge on any atom is 0.239 e. The summed E-state index contributed by atoms with van der Waals surface area (Å²) in [5.41, 5.74) is 4.24. The van der Waals surface area contributed by atoms with Gasteiger partial charge in [0.2, 0.25) is 5.91 Å². The van der Waals surface area contributed by atoms with Crippen LogP contribution in [-0.4, -0.2) is 34.2 Å². The summed E-state index contributed by atoms with van der Waals surface area (Å²) in [5.74, 6) is 0.626. The number of rotatable bonds is 6. The first kappa shape index (κ1) is 17.9. The molecular weight excluding hydrogens is 324 g/mol. The number of aromatic nitrogens is 2. The van der Waals surface area contributed by atoms with Crippen LogP contribution in [0, 0.1) is 13.8 Å². The Bertz CT molecular complexity index is 886. The van der Waals surface area contributed by atoms with Crippen molar-refractivity contribution in [3.8, 4) is 5.69 Å². The molecule has 0 fully saturated rings. The van der Waals surface area contributed by atoms with Gasteiger partial charge in [-0.05, 0) is 44.2 Å². The van der Waals surface area contributed by atoms with E-state index < -0.39 is 0 Å². The maximum atomic E-state index is 12.5. The lowest BCUT2D eigenvalue weighted by Crippen LogP contribution is -2.30. The number of hydrogen-bond donors (Lipinski definition) is 1. The number of para-hydroxylation sites is 1. The number of benzene rings is 2. The molecule has 0 bridgehead atoms. The first-order chi connectivity index (χ1) is 12.5. The SMILES string of the molecule is Cc1cc(NC(=O)CN(C)Cc2ccccc2C)n(-c2ccccc2)n1. The maximum absolute atomic E-state index is 12.5. The number of carbonyl (C=O) groups excluding carboxylic acids is 1. The van der Waals surface area contributed by atoms with Crippen molar-refractivity contribution >= 4 is 11.7 Å². The predicted octanol–water partition coefficient (Wildman–Crippen LogP) is 3.56. The van der Waals surface area contributed by atoms with Crippen LogP contribution in [0.3, 0.4) is 0 Å². The van der Waals surface area contributed by atoms with Crippen molar-refractivity contribution in [3.63, 3.8) is 0 Å². The minimum Gasteiger partial charge on any atom is -0.309 e. The Hall–Kier alpha value is -2.92. The molecule has 0 atom stereocenters. The Morgan fingerprint density at radius 3 is 2.50 bits per heavy atom. The van der Waals surface area contributed by atoms with E-state index >= 15 is 0 Å². The van der Waals surface area contributed by atoms with Gasteiger partial charge < -0.3 is 5.32 Å². The number of aryl methyl sites for hydroxylation is 2.